The van der Waals surface area contributed by atoms with Crippen molar-refractivity contribution in [3.63, 3.8) is 0 Å². The van der Waals surface area contributed by atoms with Crippen LogP contribution in [-0.2, 0) is 4.79 Å². The fourth-order valence-corrected chi connectivity index (χ4v) is 1.68. The van der Waals surface area contributed by atoms with Gasteiger partial charge in [0.2, 0.25) is 5.91 Å². The maximum absolute atomic E-state index is 11.7. The molecule has 0 bridgehead atoms. The molecular weight excluding hydrogens is 244 g/mol. The smallest absolute Gasteiger partial charge is 0.312 e. The first-order valence-electron chi connectivity index (χ1n) is 6.14. The number of hydrogen-bond acceptors (Lipinski definition) is 3. The number of primary amides is 1. The van der Waals surface area contributed by atoms with Crippen LogP contribution >= 0.6 is 0 Å². The van der Waals surface area contributed by atoms with Gasteiger partial charge >= 0.3 is 6.03 Å². The number of nitrogen functional groups attached to an aromatic ring is 1. The topological polar surface area (TPSA) is 110 Å². The first-order valence-corrected chi connectivity index (χ1v) is 6.14. The van der Waals surface area contributed by atoms with Crippen LogP contribution in [0.1, 0.15) is 24.8 Å². The number of nitrogens with two attached hydrogens (primary N) is 2. The minimum Gasteiger partial charge on any atom is -0.399 e. The highest BCUT2D eigenvalue weighted by Crippen LogP contribution is 2.19. The van der Waals surface area contributed by atoms with Crippen molar-refractivity contribution in [2.45, 2.75) is 19.3 Å². The molecule has 1 aromatic carbocycles. The van der Waals surface area contributed by atoms with Gasteiger partial charge in [0.05, 0.1) is 0 Å². The maximum atomic E-state index is 11.7. The summed E-state index contributed by atoms with van der Waals surface area (Å²) in [5, 5.41) is 5.12. The van der Waals surface area contributed by atoms with Gasteiger partial charge in [-0.25, -0.2) is 4.79 Å². The number of carbonyl (C=O) groups is 2. The molecule has 0 aliphatic heterocycles. The molecule has 0 fully saturated rings. The standard InChI is InChI=1S/C13H20N4O2/c1-9(10-2-4-11(14)5-3-10)8-12(18)16-6-7-17-13(15)19/h2-5,9H,6-8,14H2,1H3,(H,16,18)(H3,15,17,19). The van der Waals surface area contributed by atoms with E-state index in [-0.39, 0.29) is 11.8 Å². The summed E-state index contributed by atoms with van der Waals surface area (Å²) in [6.45, 7) is 2.68. The van der Waals surface area contributed by atoms with Crippen LogP contribution in [0, 0.1) is 0 Å². The normalized spacial score (nSPS) is 11.6. The van der Waals surface area contributed by atoms with Gasteiger partial charge in [-0.05, 0) is 23.6 Å². The zero-order valence-electron chi connectivity index (χ0n) is 11.0. The van der Waals surface area contributed by atoms with E-state index in [1.165, 1.54) is 0 Å². The lowest BCUT2D eigenvalue weighted by Gasteiger charge is -2.12. The van der Waals surface area contributed by atoms with E-state index < -0.39 is 6.03 Å². The van der Waals surface area contributed by atoms with Crippen LogP contribution in [0.5, 0.6) is 0 Å². The number of benzene rings is 1. The summed E-state index contributed by atoms with van der Waals surface area (Å²) in [5.74, 6) is 0.0558. The Morgan fingerprint density at radius 1 is 1.16 bits per heavy atom. The molecule has 1 rings (SSSR count). The Bertz CT molecular complexity index is 431. The average molecular weight is 264 g/mol. The number of nitrogens with one attached hydrogen (secondary N) is 2. The zero-order valence-corrected chi connectivity index (χ0v) is 11.0. The highest BCUT2D eigenvalue weighted by Gasteiger charge is 2.10. The summed E-state index contributed by atoms with van der Waals surface area (Å²) in [4.78, 5) is 22.1. The minimum atomic E-state index is -0.593. The van der Waals surface area contributed by atoms with Crippen LogP contribution in [0.15, 0.2) is 24.3 Å². The van der Waals surface area contributed by atoms with Crippen LogP contribution < -0.4 is 22.1 Å². The third kappa shape index (κ3) is 5.76. The van der Waals surface area contributed by atoms with Gasteiger partial charge < -0.3 is 22.1 Å². The number of rotatable bonds is 6. The van der Waals surface area contributed by atoms with Gasteiger partial charge in [-0.2, -0.15) is 0 Å². The van der Waals surface area contributed by atoms with E-state index in [2.05, 4.69) is 10.6 Å². The van der Waals surface area contributed by atoms with Crippen molar-refractivity contribution in [2.75, 3.05) is 18.8 Å². The molecule has 6 N–H and O–H groups in total. The molecule has 0 saturated carbocycles. The van der Waals surface area contributed by atoms with Crippen molar-refractivity contribution in [1.29, 1.82) is 0 Å². The summed E-state index contributed by atoms with van der Waals surface area (Å²) >= 11 is 0. The van der Waals surface area contributed by atoms with Crippen LogP contribution in [-0.4, -0.2) is 25.0 Å². The Hall–Kier alpha value is -2.24. The number of amides is 3. The predicted octanol–water partition coefficient (Wildman–Crippen LogP) is 0.547. The molecule has 0 aromatic heterocycles. The number of hydrogen-bond donors (Lipinski definition) is 4. The van der Waals surface area contributed by atoms with Crippen molar-refractivity contribution in [1.82, 2.24) is 10.6 Å². The first-order chi connectivity index (χ1) is 8.99. The Morgan fingerprint density at radius 2 is 1.74 bits per heavy atom. The van der Waals surface area contributed by atoms with Crippen molar-refractivity contribution in [3.8, 4) is 0 Å². The van der Waals surface area contributed by atoms with E-state index in [1.54, 1.807) is 0 Å². The zero-order chi connectivity index (χ0) is 14.3. The van der Waals surface area contributed by atoms with Crippen molar-refractivity contribution < 1.29 is 9.59 Å². The maximum Gasteiger partial charge on any atom is 0.312 e. The number of anilines is 1. The summed E-state index contributed by atoms with van der Waals surface area (Å²) in [7, 11) is 0. The Labute approximate surface area is 112 Å². The number of urea groups is 1. The molecule has 0 spiro atoms. The van der Waals surface area contributed by atoms with Gasteiger partial charge in [0.15, 0.2) is 0 Å². The summed E-state index contributed by atoms with van der Waals surface area (Å²) in [6, 6.07) is 6.88. The molecule has 0 saturated heterocycles. The quantitative estimate of drug-likeness (QED) is 0.444. The van der Waals surface area contributed by atoms with Gasteiger partial charge in [0, 0.05) is 25.2 Å². The molecule has 1 atom stereocenters. The van der Waals surface area contributed by atoms with E-state index in [0.29, 0.717) is 25.2 Å². The molecular formula is C13H20N4O2. The average Bonchev–Trinajstić information content (AvgIpc) is 2.35. The lowest BCUT2D eigenvalue weighted by molar-refractivity contribution is -0.121. The molecule has 0 aliphatic carbocycles. The van der Waals surface area contributed by atoms with Gasteiger partial charge in [0.1, 0.15) is 0 Å². The van der Waals surface area contributed by atoms with Gasteiger partial charge in [-0.3, -0.25) is 4.79 Å². The van der Waals surface area contributed by atoms with Crippen LogP contribution in [0.2, 0.25) is 0 Å². The molecule has 3 amide bonds. The third-order valence-electron chi connectivity index (χ3n) is 2.74. The van der Waals surface area contributed by atoms with E-state index in [1.807, 2.05) is 31.2 Å². The second-order valence-electron chi connectivity index (χ2n) is 4.41. The monoisotopic (exact) mass is 264 g/mol. The minimum absolute atomic E-state index is 0.0596. The lowest BCUT2D eigenvalue weighted by Crippen LogP contribution is -2.37. The molecule has 104 valence electrons. The highest BCUT2D eigenvalue weighted by molar-refractivity contribution is 5.77. The van der Waals surface area contributed by atoms with Gasteiger partial charge in [-0.15, -0.1) is 0 Å². The Balaban J connectivity index is 2.31. The lowest BCUT2D eigenvalue weighted by atomic mass is 9.97. The van der Waals surface area contributed by atoms with E-state index in [4.69, 9.17) is 11.5 Å². The SMILES string of the molecule is CC(CC(=O)NCCNC(N)=O)c1ccc(N)cc1. The van der Waals surface area contributed by atoms with Crippen LogP contribution in [0.4, 0.5) is 10.5 Å². The van der Waals surface area contributed by atoms with Gasteiger partial charge in [0.25, 0.3) is 0 Å². The Kier molecular flexibility index (Phi) is 5.66. The molecule has 19 heavy (non-hydrogen) atoms. The molecule has 6 nitrogen and oxygen atoms in total. The highest BCUT2D eigenvalue weighted by atomic mass is 16.2. The molecule has 1 unspecified atom stereocenters. The molecule has 1 aromatic rings. The van der Waals surface area contributed by atoms with Crippen molar-refractivity contribution in [2.24, 2.45) is 5.73 Å². The van der Waals surface area contributed by atoms with Crippen molar-refractivity contribution in [3.05, 3.63) is 29.8 Å². The largest absolute Gasteiger partial charge is 0.399 e. The first kappa shape index (κ1) is 14.8. The predicted molar refractivity (Wildman–Crippen MR) is 74.5 cm³/mol. The molecule has 0 radical (unpaired) electrons. The number of carbonyl (C=O) groups excluding carboxylic acids is 2. The second-order valence-corrected chi connectivity index (χ2v) is 4.41. The summed E-state index contributed by atoms with van der Waals surface area (Å²) in [6.07, 6.45) is 0.389. The van der Waals surface area contributed by atoms with E-state index >= 15 is 0 Å². The van der Waals surface area contributed by atoms with Crippen molar-refractivity contribution >= 4 is 17.6 Å². The molecule has 6 heteroatoms. The second kappa shape index (κ2) is 7.25. The summed E-state index contributed by atoms with van der Waals surface area (Å²) < 4.78 is 0. The summed E-state index contributed by atoms with van der Waals surface area (Å²) in [5.41, 5.74) is 12.3. The van der Waals surface area contributed by atoms with E-state index in [9.17, 15) is 9.59 Å². The van der Waals surface area contributed by atoms with Crippen LogP contribution in [0.3, 0.4) is 0 Å². The van der Waals surface area contributed by atoms with Crippen LogP contribution in [0.25, 0.3) is 0 Å². The Morgan fingerprint density at radius 3 is 2.32 bits per heavy atom. The van der Waals surface area contributed by atoms with E-state index in [0.717, 1.165) is 5.56 Å². The molecule has 0 heterocycles. The molecule has 0 aliphatic rings. The third-order valence-corrected chi connectivity index (χ3v) is 2.74. The fourth-order valence-electron chi connectivity index (χ4n) is 1.68. The fraction of sp³-hybridized carbons (Fsp3) is 0.385. The van der Waals surface area contributed by atoms with Gasteiger partial charge in [-0.1, -0.05) is 19.1 Å².